The zero-order valence-electron chi connectivity index (χ0n) is 23.5. The van der Waals surface area contributed by atoms with Crippen LogP contribution in [0.5, 0.6) is 0 Å². The molecular formula is C24H46BNO7Si-. The quantitative estimate of drug-likeness (QED) is 0.344. The molecule has 0 bridgehead atoms. The van der Waals surface area contributed by atoms with E-state index in [1.54, 1.807) is 20.8 Å². The Kier molecular flexibility index (Phi) is 9.67. The van der Waals surface area contributed by atoms with Crippen LogP contribution in [0.1, 0.15) is 69.2 Å². The van der Waals surface area contributed by atoms with Crippen LogP contribution >= 0.6 is 0 Å². The lowest BCUT2D eigenvalue weighted by molar-refractivity contribution is -0.142. The molecule has 0 aromatic carbocycles. The van der Waals surface area contributed by atoms with Crippen molar-refractivity contribution in [2.75, 3.05) is 20.2 Å². The minimum absolute atomic E-state index is 0.0530. The standard InChI is InChI=1S/C24H46BNO7Si/c1-21(2,3)30-20(28)26(17-19(27)29-11)16-18(31-34(12,13)22(4,5)6)14-15-25-32-23(7,8)24(9,10)33-25/h14-15,18H,16-17H2,1-13H3/q-1/b15-14+. The maximum Gasteiger partial charge on any atom is 0.486 e. The Morgan fingerprint density at radius 3 is 1.94 bits per heavy atom. The molecule has 0 radical (unpaired) electrons. The van der Waals surface area contributed by atoms with Gasteiger partial charge in [-0.1, -0.05) is 32.8 Å². The molecule has 0 N–H and O–H groups in total. The summed E-state index contributed by atoms with van der Waals surface area (Å²) in [7, 11) is -1.49. The van der Waals surface area contributed by atoms with E-state index in [9.17, 15) is 9.59 Å². The summed E-state index contributed by atoms with van der Waals surface area (Å²) < 4.78 is 29.1. The minimum Gasteiger partial charge on any atom is -0.558 e. The van der Waals surface area contributed by atoms with Crippen LogP contribution in [0.2, 0.25) is 18.1 Å². The van der Waals surface area contributed by atoms with Gasteiger partial charge in [-0.2, -0.15) is 0 Å². The van der Waals surface area contributed by atoms with Crippen LogP contribution in [0.25, 0.3) is 0 Å². The number of ether oxygens (including phenoxy) is 2. The summed E-state index contributed by atoms with van der Waals surface area (Å²) in [4.78, 5) is 26.3. The highest BCUT2D eigenvalue weighted by molar-refractivity contribution is 6.74. The van der Waals surface area contributed by atoms with Gasteiger partial charge in [-0.25, -0.2) is 4.79 Å². The van der Waals surface area contributed by atoms with Crippen molar-refractivity contribution in [3.63, 3.8) is 0 Å². The molecule has 34 heavy (non-hydrogen) atoms. The number of methoxy groups -OCH3 is 1. The summed E-state index contributed by atoms with van der Waals surface area (Å²) in [5, 5.41) is -0.0530. The number of amides is 1. The summed E-state index contributed by atoms with van der Waals surface area (Å²) >= 11 is 0. The topological polar surface area (TPSA) is 83.5 Å². The first-order valence-electron chi connectivity index (χ1n) is 11.9. The molecule has 1 aliphatic heterocycles. The van der Waals surface area contributed by atoms with Crippen molar-refractivity contribution in [2.45, 2.75) is 110 Å². The zero-order chi connectivity index (χ0) is 26.8. The highest BCUT2D eigenvalue weighted by Gasteiger charge is 2.50. The van der Waals surface area contributed by atoms with Gasteiger partial charge in [0.15, 0.2) is 0 Å². The molecule has 10 heteroatoms. The maximum absolute atomic E-state index is 12.9. The Morgan fingerprint density at radius 2 is 1.53 bits per heavy atom. The van der Waals surface area contributed by atoms with E-state index in [-0.39, 0.29) is 18.1 Å². The fourth-order valence-corrected chi connectivity index (χ4v) is 4.11. The Labute approximate surface area is 207 Å². The Bertz CT molecular complexity index is 737. The lowest BCUT2D eigenvalue weighted by atomic mass is 9.89. The molecule has 0 aromatic rings. The van der Waals surface area contributed by atoms with Crippen molar-refractivity contribution in [3.05, 3.63) is 12.1 Å². The van der Waals surface area contributed by atoms with E-state index in [1.807, 2.05) is 39.7 Å². The molecule has 1 amide bonds. The normalized spacial score (nSPS) is 19.3. The number of hydrogen-bond acceptors (Lipinski definition) is 7. The van der Waals surface area contributed by atoms with Gasteiger partial charge in [0, 0.05) is 0 Å². The third-order valence-electron chi connectivity index (χ3n) is 6.61. The van der Waals surface area contributed by atoms with Crippen molar-refractivity contribution >= 4 is 27.5 Å². The van der Waals surface area contributed by atoms with E-state index < -0.39 is 50.4 Å². The van der Waals surface area contributed by atoms with Crippen molar-refractivity contribution in [2.24, 2.45) is 0 Å². The second-order valence-electron chi connectivity index (χ2n) is 12.4. The lowest BCUT2D eigenvalue weighted by Gasteiger charge is -2.50. The van der Waals surface area contributed by atoms with Gasteiger partial charge in [0.2, 0.25) is 0 Å². The molecule has 1 unspecified atom stereocenters. The molecule has 0 aliphatic carbocycles. The molecule has 1 saturated heterocycles. The minimum atomic E-state index is -2.23. The predicted molar refractivity (Wildman–Crippen MR) is 137 cm³/mol. The number of esters is 1. The van der Waals surface area contributed by atoms with Gasteiger partial charge in [0.05, 0.1) is 31.0 Å². The number of carbonyl (C=O) groups excluding carboxylic acids is 2. The number of hydrogen-bond donors (Lipinski definition) is 0. The van der Waals surface area contributed by atoms with E-state index in [4.69, 9.17) is 23.2 Å². The summed E-state index contributed by atoms with van der Waals surface area (Å²) in [5.74, 6) is 1.28. The van der Waals surface area contributed by atoms with E-state index in [1.165, 1.54) is 12.0 Å². The van der Waals surface area contributed by atoms with Crippen molar-refractivity contribution in [1.29, 1.82) is 0 Å². The molecule has 1 rings (SSSR count). The van der Waals surface area contributed by atoms with Gasteiger partial charge in [-0.05, 0) is 56.8 Å². The molecule has 0 aromatic heterocycles. The molecule has 197 valence electrons. The van der Waals surface area contributed by atoms with Gasteiger partial charge in [-0.15, -0.1) is 18.1 Å². The second kappa shape index (κ2) is 10.7. The van der Waals surface area contributed by atoms with Crippen LogP contribution in [-0.4, -0.2) is 75.5 Å². The van der Waals surface area contributed by atoms with Gasteiger partial charge < -0.3 is 23.2 Å². The van der Waals surface area contributed by atoms with E-state index in [0.717, 1.165) is 0 Å². The predicted octanol–water partition coefficient (Wildman–Crippen LogP) is 4.97. The van der Waals surface area contributed by atoms with Crippen molar-refractivity contribution < 1.29 is 32.8 Å². The Balaban J connectivity index is 3.23. The van der Waals surface area contributed by atoms with Crippen molar-refractivity contribution in [3.8, 4) is 0 Å². The van der Waals surface area contributed by atoms with Crippen LogP contribution in [0.4, 0.5) is 4.79 Å². The first kappa shape index (κ1) is 30.7. The fraction of sp³-hybridized carbons (Fsp3) is 0.833. The lowest BCUT2D eigenvalue weighted by Crippen LogP contribution is -2.49. The number of nitrogens with zero attached hydrogens (tertiary/aromatic N) is 1. The average Bonchev–Trinajstić information content (AvgIpc) is 2.82. The molecule has 1 aliphatic rings. The van der Waals surface area contributed by atoms with E-state index in [0.29, 0.717) is 0 Å². The molecule has 0 spiro atoms. The van der Waals surface area contributed by atoms with Gasteiger partial charge >= 0.3 is 19.2 Å². The summed E-state index contributed by atoms with van der Waals surface area (Å²) in [6.45, 7) is 23.9. The number of carbonyl (C=O) groups is 2. The van der Waals surface area contributed by atoms with Gasteiger partial charge in [0.1, 0.15) is 12.1 Å². The summed E-state index contributed by atoms with van der Waals surface area (Å²) in [6.07, 6.45) is 0.750. The first-order valence-corrected chi connectivity index (χ1v) is 14.8. The highest BCUT2D eigenvalue weighted by atomic mass is 28.4. The van der Waals surface area contributed by atoms with Crippen LogP contribution in [0.15, 0.2) is 12.1 Å². The number of rotatable bonds is 8. The Hall–Kier alpha value is -1.36. The maximum atomic E-state index is 12.9. The molecule has 8 nitrogen and oxygen atoms in total. The second-order valence-corrected chi connectivity index (χ2v) is 17.1. The monoisotopic (exact) mass is 499 g/mol. The molecule has 1 fully saturated rings. The molecular weight excluding hydrogens is 453 g/mol. The van der Waals surface area contributed by atoms with Crippen LogP contribution in [0.3, 0.4) is 0 Å². The van der Waals surface area contributed by atoms with Crippen LogP contribution in [-0.2, 0) is 28.0 Å². The van der Waals surface area contributed by atoms with Crippen LogP contribution in [0, 0.1) is 0 Å². The highest BCUT2D eigenvalue weighted by Crippen LogP contribution is 2.39. The average molecular weight is 500 g/mol. The third kappa shape index (κ3) is 8.70. The first-order chi connectivity index (χ1) is 15.1. The van der Waals surface area contributed by atoms with E-state index in [2.05, 4.69) is 33.9 Å². The summed E-state index contributed by atoms with van der Waals surface area (Å²) in [5.41, 5.74) is -1.64. The largest absolute Gasteiger partial charge is 0.558 e. The smallest absolute Gasteiger partial charge is 0.486 e. The van der Waals surface area contributed by atoms with Gasteiger partial charge in [-0.3, -0.25) is 9.69 Å². The Morgan fingerprint density at radius 1 is 1.03 bits per heavy atom. The van der Waals surface area contributed by atoms with Crippen LogP contribution < -0.4 is 0 Å². The van der Waals surface area contributed by atoms with Crippen molar-refractivity contribution in [1.82, 2.24) is 4.90 Å². The molecule has 1 heterocycles. The van der Waals surface area contributed by atoms with E-state index >= 15 is 0 Å². The third-order valence-corrected chi connectivity index (χ3v) is 11.1. The molecule has 0 saturated carbocycles. The fourth-order valence-electron chi connectivity index (χ4n) is 2.84. The molecule has 1 atom stereocenters. The zero-order valence-corrected chi connectivity index (χ0v) is 24.5. The van der Waals surface area contributed by atoms with Gasteiger partial charge in [0.25, 0.3) is 0 Å². The SMILES string of the molecule is COC(=O)CN(CC(/C=C/B1OC(C)(C)C(C)(C)O1)O[Si-](C)(C)C(C)(C)C)C(=O)OC(C)(C)C. The summed E-state index contributed by atoms with van der Waals surface area (Å²) in [6, 6.07) is 0.